The van der Waals surface area contributed by atoms with E-state index in [1.54, 1.807) is 0 Å². The summed E-state index contributed by atoms with van der Waals surface area (Å²) in [6.45, 7) is 7.65. The van der Waals surface area contributed by atoms with Crippen molar-refractivity contribution in [3.63, 3.8) is 0 Å². The summed E-state index contributed by atoms with van der Waals surface area (Å²) in [5.74, 6) is 0. The molecule has 1 aliphatic heterocycles. The standard InChI is InChI=1S/C15H28N2O2/c1-15(2,3)19-14(18)17-11-5-8-13(17)9-10-16-12-6-4-7-12/h12-13,16H,4-11H2,1-3H3. The minimum atomic E-state index is -0.394. The lowest BCUT2D eigenvalue weighted by molar-refractivity contribution is 0.0220. The van der Waals surface area contributed by atoms with Gasteiger partial charge in [-0.1, -0.05) is 6.42 Å². The van der Waals surface area contributed by atoms with E-state index in [0.717, 1.165) is 38.4 Å². The third-order valence-corrected chi connectivity index (χ3v) is 4.02. The molecule has 1 aliphatic carbocycles. The van der Waals surface area contributed by atoms with Crippen molar-refractivity contribution in [2.45, 2.75) is 77.0 Å². The monoisotopic (exact) mass is 268 g/mol. The van der Waals surface area contributed by atoms with Crippen molar-refractivity contribution in [3.05, 3.63) is 0 Å². The molecule has 1 saturated carbocycles. The number of nitrogens with one attached hydrogen (secondary N) is 1. The second-order valence-electron chi connectivity index (χ2n) is 6.84. The molecular weight excluding hydrogens is 240 g/mol. The summed E-state index contributed by atoms with van der Waals surface area (Å²) >= 11 is 0. The predicted octanol–water partition coefficient (Wildman–Crippen LogP) is 2.92. The molecule has 0 radical (unpaired) electrons. The Kier molecular flexibility index (Phi) is 4.71. The van der Waals surface area contributed by atoms with Crippen LogP contribution in [0.5, 0.6) is 0 Å². The second kappa shape index (κ2) is 6.12. The molecular formula is C15H28N2O2. The first-order valence-corrected chi connectivity index (χ1v) is 7.69. The Morgan fingerprint density at radius 2 is 2.00 bits per heavy atom. The molecule has 2 fully saturated rings. The van der Waals surface area contributed by atoms with Crippen molar-refractivity contribution >= 4 is 6.09 Å². The summed E-state index contributed by atoms with van der Waals surface area (Å²) in [6, 6.07) is 1.10. The molecule has 0 aromatic rings. The Balaban J connectivity index is 1.74. The summed E-state index contributed by atoms with van der Waals surface area (Å²) in [4.78, 5) is 14.0. The number of ether oxygens (including phenoxy) is 1. The number of carbonyl (C=O) groups is 1. The smallest absolute Gasteiger partial charge is 0.410 e. The van der Waals surface area contributed by atoms with Gasteiger partial charge in [-0.25, -0.2) is 4.79 Å². The molecule has 1 heterocycles. The van der Waals surface area contributed by atoms with Crippen LogP contribution in [-0.2, 0) is 4.74 Å². The minimum absolute atomic E-state index is 0.140. The highest BCUT2D eigenvalue weighted by atomic mass is 16.6. The van der Waals surface area contributed by atoms with Crippen LogP contribution in [0.4, 0.5) is 4.79 Å². The van der Waals surface area contributed by atoms with E-state index in [2.05, 4.69) is 5.32 Å². The Labute approximate surface area is 116 Å². The third kappa shape index (κ3) is 4.37. The largest absolute Gasteiger partial charge is 0.444 e. The average molecular weight is 268 g/mol. The normalized spacial score (nSPS) is 24.4. The number of hydrogen-bond acceptors (Lipinski definition) is 3. The first-order chi connectivity index (χ1) is 8.96. The van der Waals surface area contributed by atoms with Crippen molar-refractivity contribution in [1.82, 2.24) is 10.2 Å². The lowest BCUT2D eigenvalue weighted by Crippen LogP contribution is -2.42. The Morgan fingerprint density at radius 3 is 2.58 bits per heavy atom. The number of carbonyl (C=O) groups excluding carboxylic acids is 1. The van der Waals surface area contributed by atoms with E-state index < -0.39 is 5.60 Å². The molecule has 1 N–H and O–H groups in total. The Bertz CT molecular complexity index is 308. The van der Waals surface area contributed by atoms with E-state index in [9.17, 15) is 4.79 Å². The summed E-state index contributed by atoms with van der Waals surface area (Å²) in [6.07, 6.45) is 7.14. The third-order valence-electron chi connectivity index (χ3n) is 4.02. The quantitative estimate of drug-likeness (QED) is 0.852. The first kappa shape index (κ1) is 14.6. The van der Waals surface area contributed by atoms with E-state index in [4.69, 9.17) is 4.74 Å². The van der Waals surface area contributed by atoms with E-state index in [1.165, 1.54) is 19.3 Å². The Morgan fingerprint density at radius 1 is 1.26 bits per heavy atom. The van der Waals surface area contributed by atoms with Crippen LogP contribution in [0.3, 0.4) is 0 Å². The number of amides is 1. The fraction of sp³-hybridized carbons (Fsp3) is 0.933. The van der Waals surface area contributed by atoms with E-state index >= 15 is 0 Å². The topological polar surface area (TPSA) is 41.6 Å². The molecule has 0 bridgehead atoms. The highest BCUT2D eigenvalue weighted by Gasteiger charge is 2.31. The molecule has 2 aliphatic rings. The van der Waals surface area contributed by atoms with Gasteiger partial charge in [0.15, 0.2) is 0 Å². The zero-order valence-corrected chi connectivity index (χ0v) is 12.6. The van der Waals surface area contributed by atoms with Crippen LogP contribution < -0.4 is 5.32 Å². The molecule has 4 nitrogen and oxygen atoms in total. The summed E-state index contributed by atoms with van der Waals surface area (Å²) in [7, 11) is 0. The highest BCUT2D eigenvalue weighted by molar-refractivity contribution is 5.68. The lowest BCUT2D eigenvalue weighted by Gasteiger charge is -2.30. The fourth-order valence-corrected chi connectivity index (χ4v) is 2.76. The zero-order valence-electron chi connectivity index (χ0n) is 12.6. The predicted molar refractivity (Wildman–Crippen MR) is 76.2 cm³/mol. The van der Waals surface area contributed by atoms with E-state index in [1.807, 2.05) is 25.7 Å². The van der Waals surface area contributed by atoms with Crippen LogP contribution >= 0.6 is 0 Å². The molecule has 4 heteroatoms. The molecule has 0 aromatic carbocycles. The van der Waals surface area contributed by atoms with Crippen LogP contribution in [0.1, 0.15) is 59.3 Å². The van der Waals surface area contributed by atoms with Gasteiger partial charge >= 0.3 is 6.09 Å². The summed E-state index contributed by atoms with van der Waals surface area (Å²) in [5.41, 5.74) is -0.394. The van der Waals surface area contributed by atoms with Crippen molar-refractivity contribution in [1.29, 1.82) is 0 Å². The van der Waals surface area contributed by atoms with Gasteiger partial charge in [-0.2, -0.15) is 0 Å². The van der Waals surface area contributed by atoms with Crippen molar-refractivity contribution < 1.29 is 9.53 Å². The van der Waals surface area contributed by atoms with Crippen LogP contribution in [0, 0.1) is 0 Å². The summed E-state index contributed by atoms with van der Waals surface area (Å²) < 4.78 is 5.48. The molecule has 19 heavy (non-hydrogen) atoms. The van der Waals surface area contributed by atoms with Gasteiger partial charge in [0.2, 0.25) is 0 Å². The molecule has 110 valence electrons. The number of rotatable bonds is 4. The Hall–Kier alpha value is -0.770. The minimum Gasteiger partial charge on any atom is -0.444 e. The molecule has 1 atom stereocenters. The molecule has 1 saturated heterocycles. The zero-order chi connectivity index (χ0) is 13.9. The average Bonchev–Trinajstić information content (AvgIpc) is 2.67. The highest BCUT2D eigenvalue weighted by Crippen LogP contribution is 2.23. The van der Waals surface area contributed by atoms with Crippen LogP contribution in [-0.4, -0.2) is 41.8 Å². The maximum absolute atomic E-state index is 12.1. The second-order valence-corrected chi connectivity index (χ2v) is 6.84. The van der Waals surface area contributed by atoms with E-state index in [0.29, 0.717) is 6.04 Å². The van der Waals surface area contributed by atoms with Crippen molar-refractivity contribution in [2.75, 3.05) is 13.1 Å². The van der Waals surface area contributed by atoms with Gasteiger partial charge in [-0.15, -0.1) is 0 Å². The number of nitrogens with zero attached hydrogens (tertiary/aromatic N) is 1. The fourth-order valence-electron chi connectivity index (χ4n) is 2.76. The van der Waals surface area contributed by atoms with Gasteiger partial charge in [0.05, 0.1) is 0 Å². The maximum Gasteiger partial charge on any atom is 0.410 e. The number of hydrogen-bond donors (Lipinski definition) is 1. The lowest BCUT2D eigenvalue weighted by atomic mass is 9.93. The van der Waals surface area contributed by atoms with Gasteiger partial charge in [0.25, 0.3) is 0 Å². The SMILES string of the molecule is CC(C)(C)OC(=O)N1CCCC1CCNC1CCC1. The van der Waals surface area contributed by atoms with Gasteiger partial charge < -0.3 is 15.0 Å². The van der Waals surface area contributed by atoms with Gasteiger partial charge in [-0.3, -0.25) is 0 Å². The van der Waals surface area contributed by atoms with Gasteiger partial charge in [-0.05, 0) is 59.4 Å². The molecule has 0 spiro atoms. The van der Waals surface area contributed by atoms with Crippen molar-refractivity contribution in [2.24, 2.45) is 0 Å². The molecule has 2 rings (SSSR count). The van der Waals surface area contributed by atoms with Crippen LogP contribution in [0.25, 0.3) is 0 Å². The number of likely N-dealkylation sites (tertiary alicyclic amines) is 1. The van der Waals surface area contributed by atoms with Crippen LogP contribution in [0.15, 0.2) is 0 Å². The van der Waals surface area contributed by atoms with Gasteiger partial charge in [0, 0.05) is 18.6 Å². The first-order valence-electron chi connectivity index (χ1n) is 7.69. The summed E-state index contributed by atoms with van der Waals surface area (Å²) in [5, 5.41) is 3.57. The van der Waals surface area contributed by atoms with Gasteiger partial charge in [0.1, 0.15) is 5.60 Å². The maximum atomic E-state index is 12.1. The molecule has 1 unspecified atom stereocenters. The van der Waals surface area contributed by atoms with Crippen LogP contribution in [0.2, 0.25) is 0 Å². The molecule has 1 amide bonds. The van der Waals surface area contributed by atoms with E-state index in [-0.39, 0.29) is 6.09 Å². The molecule has 0 aromatic heterocycles. The van der Waals surface area contributed by atoms with Crippen molar-refractivity contribution in [3.8, 4) is 0 Å².